The van der Waals surface area contributed by atoms with Crippen molar-refractivity contribution in [1.82, 2.24) is 10.6 Å². The van der Waals surface area contributed by atoms with Gasteiger partial charge in [-0.1, -0.05) is 48.5 Å². The average Bonchev–Trinajstić information content (AvgIpc) is 3.38. The van der Waals surface area contributed by atoms with E-state index >= 15 is 0 Å². The van der Waals surface area contributed by atoms with Gasteiger partial charge in [-0.2, -0.15) is 0 Å². The summed E-state index contributed by atoms with van der Waals surface area (Å²) in [5.41, 5.74) is 4.61. The molecule has 1 heterocycles. The van der Waals surface area contributed by atoms with Crippen molar-refractivity contribution in [1.29, 1.82) is 0 Å². The Bertz CT molecular complexity index is 994. The summed E-state index contributed by atoms with van der Waals surface area (Å²) >= 11 is 0. The van der Waals surface area contributed by atoms with Gasteiger partial charge in [0.2, 0.25) is 5.91 Å². The van der Waals surface area contributed by atoms with E-state index in [1.54, 1.807) is 6.92 Å². The van der Waals surface area contributed by atoms with Crippen LogP contribution in [0.5, 0.6) is 0 Å². The van der Waals surface area contributed by atoms with Crippen molar-refractivity contribution >= 4 is 18.0 Å². The number of ether oxygens (including phenoxy) is 2. The molecule has 0 saturated carbocycles. The van der Waals surface area contributed by atoms with E-state index in [1.807, 2.05) is 24.3 Å². The molecule has 4 rings (SSSR count). The number of carboxylic acids is 1. The van der Waals surface area contributed by atoms with Crippen molar-refractivity contribution in [3.63, 3.8) is 0 Å². The van der Waals surface area contributed by atoms with E-state index in [9.17, 15) is 14.4 Å². The molecule has 0 aromatic heterocycles. The van der Waals surface area contributed by atoms with E-state index in [0.717, 1.165) is 22.3 Å². The number of hydrogen-bond acceptors (Lipinski definition) is 5. The van der Waals surface area contributed by atoms with Crippen molar-refractivity contribution in [3.05, 3.63) is 59.7 Å². The zero-order valence-electron chi connectivity index (χ0n) is 18.5. The van der Waals surface area contributed by atoms with Crippen molar-refractivity contribution in [2.75, 3.05) is 19.8 Å². The highest BCUT2D eigenvalue weighted by molar-refractivity contribution is 5.82. The molecular weight excluding hydrogens is 424 g/mol. The second kappa shape index (κ2) is 10.0. The van der Waals surface area contributed by atoms with Crippen molar-refractivity contribution in [3.8, 4) is 11.1 Å². The first-order chi connectivity index (χ1) is 15.9. The number of hydrogen-bond donors (Lipinski definition) is 3. The number of alkyl carbamates (subject to hydrolysis) is 1. The summed E-state index contributed by atoms with van der Waals surface area (Å²) in [5.74, 6) is -1.57. The van der Waals surface area contributed by atoms with Crippen LogP contribution in [0.25, 0.3) is 11.1 Å². The first-order valence-electron chi connectivity index (χ1n) is 11.2. The number of carbonyl (C=O) groups is 3. The molecule has 1 fully saturated rings. The molecule has 2 aromatic rings. The minimum absolute atomic E-state index is 0.0211. The smallest absolute Gasteiger partial charge is 0.407 e. The Morgan fingerprint density at radius 2 is 1.73 bits per heavy atom. The fraction of sp³-hybridized carbons (Fsp3) is 0.400. The normalized spacial score (nSPS) is 19.9. The van der Waals surface area contributed by atoms with Gasteiger partial charge in [-0.05, 0) is 35.6 Å². The van der Waals surface area contributed by atoms with Gasteiger partial charge in [0, 0.05) is 31.0 Å². The molecule has 174 valence electrons. The number of carbonyl (C=O) groups excluding carboxylic acids is 2. The summed E-state index contributed by atoms with van der Waals surface area (Å²) < 4.78 is 11.1. The van der Waals surface area contributed by atoms with Gasteiger partial charge in [-0.15, -0.1) is 0 Å². The fourth-order valence-electron chi connectivity index (χ4n) is 4.63. The van der Waals surface area contributed by atoms with Gasteiger partial charge in [0.1, 0.15) is 12.7 Å². The van der Waals surface area contributed by atoms with E-state index in [1.165, 1.54) is 0 Å². The van der Waals surface area contributed by atoms with Gasteiger partial charge >= 0.3 is 12.1 Å². The predicted octanol–water partition coefficient (Wildman–Crippen LogP) is 2.91. The lowest BCUT2D eigenvalue weighted by Gasteiger charge is -2.21. The van der Waals surface area contributed by atoms with Crippen LogP contribution in [0, 0.1) is 5.92 Å². The summed E-state index contributed by atoms with van der Waals surface area (Å²) in [4.78, 5) is 35.7. The van der Waals surface area contributed by atoms with Crippen LogP contribution in [0.2, 0.25) is 0 Å². The summed E-state index contributed by atoms with van der Waals surface area (Å²) in [7, 11) is 0. The molecule has 3 atom stereocenters. The van der Waals surface area contributed by atoms with Crippen LogP contribution in [0.3, 0.4) is 0 Å². The zero-order chi connectivity index (χ0) is 23.4. The molecule has 8 nitrogen and oxygen atoms in total. The standard InChI is InChI=1S/C25H28N2O6/c1-15(12-22(28)29)27-24(30)23-16(10-11-32-23)13-26-25(31)33-14-21-19-8-4-2-6-17(19)18-7-3-5-9-20(18)21/h2-9,15-16,21,23H,10-14H2,1H3,(H,26,31)(H,27,30)(H,28,29)/t15?,16-,23-/m1/s1. The van der Waals surface area contributed by atoms with Crippen LogP contribution < -0.4 is 10.6 Å². The van der Waals surface area contributed by atoms with Crippen molar-refractivity contribution < 1.29 is 29.0 Å². The van der Waals surface area contributed by atoms with Gasteiger partial charge in [0.15, 0.2) is 0 Å². The first-order valence-corrected chi connectivity index (χ1v) is 11.2. The second-order valence-electron chi connectivity index (χ2n) is 8.55. The SMILES string of the molecule is CC(CC(=O)O)NC(=O)[C@@H]1OCC[C@@H]1CNC(=O)OCC1c2ccccc2-c2ccccc21. The largest absolute Gasteiger partial charge is 0.481 e. The predicted molar refractivity (Wildman–Crippen MR) is 121 cm³/mol. The van der Waals surface area contributed by atoms with Crippen molar-refractivity contribution in [2.45, 2.75) is 37.8 Å². The van der Waals surface area contributed by atoms with Crippen LogP contribution in [-0.2, 0) is 19.1 Å². The maximum Gasteiger partial charge on any atom is 0.407 e. The third-order valence-electron chi connectivity index (χ3n) is 6.19. The molecule has 3 N–H and O–H groups in total. The molecule has 2 aliphatic rings. The Hall–Kier alpha value is -3.39. The Morgan fingerprint density at radius 3 is 2.36 bits per heavy atom. The molecule has 1 unspecified atom stereocenters. The third kappa shape index (κ3) is 5.17. The molecule has 1 aliphatic carbocycles. The Balaban J connectivity index is 1.29. The molecule has 2 amide bonds. The monoisotopic (exact) mass is 452 g/mol. The molecule has 8 heteroatoms. The number of fused-ring (bicyclic) bond motifs is 3. The molecule has 0 spiro atoms. The summed E-state index contributed by atoms with van der Waals surface area (Å²) in [6, 6.07) is 15.8. The van der Waals surface area contributed by atoms with Gasteiger partial charge in [0.25, 0.3) is 0 Å². The van der Waals surface area contributed by atoms with E-state index in [4.69, 9.17) is 14.6 Å². The molecular formula is C25H28N2O6. The van der Waals surface area contributed by atoms with Crippen LogP contribution in [-0.4, -0.2) is 55.0 Å². The van der Waals surface area contributed by atoms with Gasteiger partial charge in [-0.3, -0.25) is 9.59 Å². The maximum absolute atomic E-state index is 12.5. The summed E-state index contributed by atoms with van der Waals surface area (Å²) in [6.45, 7) is 2.49. The summed E-state index contributed by atoms with van der Waals surface area (Å²) in [6.07, 6.45) is -0.812. The Morgan fingerprint density at radius 1 is 1.09 bits per heavy atom. The van der Waals surface area contributed by atoms with E-state index in [-0.39, 0.29) is 37.3 Å². The molecule has 2 aromatic carbocycles. The Kier molecular flexibility index (Phi) is 6.93. The number of amides is 2. The van der Waals surface area contributed by atoms with Gasteiger partial charge < -0.3 is 25.2 Å². The van der Waals surface area contributed by atoms with E-state index in [0.29, 0.717) is 13.0 Å². The van der Waals surface area contributed by atoms with Crippen molar-refractivity contribution in [2.24, 2.45) is 5.92 Å². The van der Waals surface area contributed by atoms with Crippen LogP contribution in [0.1, 0.15) is 36.8 Å². The molecule has 0 radical (unpaired) electrons. The average molecular weight is 453 g/mol. The van der Waals surface area contributed by atoms with Gasteiger partial charge in [-0.25, -0.2) is 4.79 Å². The number of nitrogens with one attached hydrogen (secondary N) is 2. The second-order valence-corrected chi connectivity index (χ2v) is 8.55. The lowest BCUT2D eigenvalue weighted by Crippen LogP contribution is -2.45. The van der Waals surface area contributed by atoms with Crippen LogP contribution in [0.15, 0.2) is 48.5 Å². The number of benzene rings is 2. The Labute approximate surface area is 192 Å². The van der Waals surface area contributed by atoms with Gasteiger partial charge in [0.05, 0.1) is 6.42 Å². The van der Waals surface area contributed by atoms with E-state index < -0.39 is 24.2 Å². The highest BCUT2D eigenvalue weighted by Gasteiger charge is 2.35. The fourth-order valence-corrected chi connectivity index (χ4v) is 4.63. The van der Waals surface area contributed by atoms with Crippen LogP contribution >= 0.6 is 0 Å². The van der Waals surface area contributed by atoms with E-state index in [2.05, 4.69) is 34.9 Å². The minimum atomic E-state index is -0.983. The maximum atomic E-state index is 12.5. The lowest BCUT2D eigenvalue weighted by molar-refractivity contribution is -0.138. The molecule has 0 bridgehead atoms. The quantitative estimate of drug-likeness (QED) is 0.568. The third-order valence-corrected chi connectivity index (χ3v) is 6.19. The highest BCUT2D eigenvalue weighted by Crippen LogP contribution is 2.44. The number of aliphatic carboxylic acids is 1. The topological polar surface area (TPSA) is 114 Å². The van der Waals surface area contributed by atoms with Crippen LogP contribution in [0.4, 0.5) is 4.79 Å². The lowest BCUT2D eigenvalue weighted by atomic mass is 9.98. The molecule has 33 heavy (non-hydrogen) atoms. The first kappa shape index (κ1) is 22.8. The zero-order valence-corrected chi connectivity index (χ0v) is 18.5. The number of rotatable bonds is 8. The minimum Gasteiger partial charge on any atom is -0.481 e. The number of carboxylic acid groups (broad SMARTS) is 1. The molecule has 1 saturated heterocycles. The summed E-state index contributed by atoms with van der Waals surface area (Å²) in [5, 5.41) is 14.3. The molecule has 1 aliphatic heterocycles. The highest BCUT2D eigenvalue weighted by atomic mass is 16.5.